The number of benzene rings is 2. The van der Waals surface area contributed by atoms with Crippen LogP contribution in [-0.4, -0.2) is 17.1 Å². The minimum atomic E-state index is -2.90. The number of rotatable bonds is 6. The predicted octanol–water partition coefficient (Wildman–Crippen LogP) is 3.22. The van der Waals surface area contributed by atoms with Crippen LogP contribution in [0.1, 0.15) is 6.42 Å². The van der Waals surface area contributed by atoms with Gasteiger partial charge in [-0.25, -0.2) is 4.79 Å². The number of hydrogen-bond acceptors (Lipinski definition) is 4. The van der Waals surface area contributed by atoms with Crippen molar-refractivity contribution in [1.82, 2.24) is 4.57 Å². The lowest BCUT2D eigenvalue weighted by Gasteiger charge is -2.08. The van der Waals surface area contributed by atoms with Crippen LogP contribution < -0.4 is 15.8 Å². The van der Waals surface area contributed by atoms with Gasteiger partial charge in [0.15, 0.2) is 5.58 Å². The Morgan fingerprint density at radius 1 is 1.16 bits per heavy atom. The zero-order valence-corrected chi connectivity index (χ0v) is 12.9. The lowest BCUT2D eigenvalue weighted by Crippen LogP contribution is -2.19. The van der Waals surface area contributed by atoms with E-state index in [1.807, 2.05) is 0 Å². The Labute approximate surface area is 140 Å². The highest BCUT2D eigenvalue weighted by Gasteiger charge is 2.11. The number of anilines is 1. The lowest BCUT2D eigenvalue weighted by molar-refractivity contribution is -0.116. The van der Waals surface area contributed by atoms with Gasteiger partial charge in [-0.3, -0.25) is 9.36 Å². The van der Waals surface area contributed by atoms with Crippen molar-refractivity contribution in [3.8, 4) is 5.75 Å². The van der Waals surface area contributed by atoms with Gasteiger partial charge in [0, 0.05) is 18.7 Å². The highest BCUT2D eigenvalue weighted by molar-refractivity contribution is 5.90. The molecule has 6 nitrogen and oxygen atoms in total. The molecule has 0 saturated heterocycles. The van der Waals surface area contributed by atoms with Crippen molar-refractivity contribution in [3.05, 3.63) is 59.1 Å². The van der Waals surface area contributed by atoms with Crippen LogP contribution in [0.2, 0.25) is 0 Å². The molecule has 0 saturated carbocycles. The Bertz CT molecular complexity index is 932. The number of hydrogen-bond donors (Lipinski definition) is 1. The maximum atomic E-state index is 12.1. The number of alkyl halides is 2. The molecule has 3 aromatic rings. The second-order valence-corrected chi connectivity index (χ2v) is 5.19. The van der Waals surface area contributed by atoms with E-state index in [9.17, 15) is 18.4 Å². The third-order valence-electron chi connectivity index (χ3n) is 3.50. The van der Waals surface area contributed by atoms with E-state index in [2.05, 4.69) is 10.1 Å². The third-order valence-corrected chi connectivity index (χ3v) is 3.50. The summed E-state index contributed by atoms with van der Waals surface area (Å²) in [6.07, 6.45) is 0.0543. The predicted molar refractivity (Wildman–Crippen MR) is 86.8 cm³/mol. The molecular formula is C17H14F2N2O4. The summed E-state index contributed by atoms with van der Waals surface area (Å²) < 4.78 is 34.9. The van der Waals surface area contributed by atoms with Crippen molar-refractivity contribution < 1.29 is 22.7 Å². The fourth-order valence-electron chi connectivity index (χ4n) is 2.38. The van der Waals surface area contributed by atoms with E-state index in [4.69, 9.17) is 4.42 Å². The number of ether oxygens (including phenoxy) is 1. The maximum absolute atomic E-state index is 12.1. The molecule has 8 heteroatoms. The molecule has 0 aliphatic carbocycles. The summed E-state index contributed by atoms with van der Waals surface area (Å²) in [5, 5.41) is 2.62. The Morgan fingerprint density at radius 3 is 2.60 bits per heavy atom. The number of fused-ring (bicyclic) bond motifs is 1. The van der Waals surface area contributed by atoms with Crippen LogP contribution in [-0.2, 0) is 11.3 Å². The van der Waals surface area contributed by atoms with E-state index in [1.165, 1.54) is 28.8 Å². The molecule has 0 fully saturated rings. The number of halogens is 2. The van der Waals surface area contributed by atoms with Gasteiger partial charge in [-0.1, -0.05) is 12.1 Å². The summed E-state index contributed by atoms with van der Waals surface area (Å²) in [5.41, 5.74) is 1.52. The first-order valence-corrected chi connectivity index (χ1v) is 7.46. The Kier molecular flexibility index (Phi) is 4.78. The van der Waals surface area contributed by atoms with E-state index < -0.39 is 12.4 Å². The Morgan fingerprint density at radius 2 is 1.88 bits per heavy atom. The standard InChI is InChI=1S/C17H14F2N2O4/c18-16(19)24-12-7-5-11(6-8-12)20-15(22)9-10-21-13-3-1-2-4-14(13)25-17(21)23/h1-8,16H,9-10H2,(H,20,22). The van der Waals surface area contributed by atoms with Gasteiger partial charge in [0.1, 0.15) is 5.75 Å². The zero-order valence-electron chi connectivity index (χ0n) is 12.9. The largest absolute Gasteiger partial charge is 0.435 e. The molecule has 0 unspecified atom stereocenters. The van der Waals surface area contributed by atoms with Crippen LogP contribution in [0.5, 0.6) is 5.75 Å². The summed E-state index contributed by atoms with van der Waals surface area (Å²) >= 11 is 0. The molecule has 0 aliphatic heterocycles. The summed E-state index contributed by atoms with van der Waals surface area (Å²) in [7, 11) is 0. The lowest BCUT2D eigenvalue weighted by atomic mass is 10.3. The topological polar surface area (TPSA) is 73.5 Å². The number of nitrogens with zero attached hydrogens (tertiary/aromatic N) is 1. The van der Waals surface area contributed by atoms with Gasteiger partial charge in [0.2, 0.25) is 5.91 Å². The molecule has 1 heterocycles. The van der Waals surface area contributed by atoms with E-state index in [0.717, 1.165) is 0 Å². The second kappa shape index (κ2) is 7.16. The van der Waals surface area contributed by atoms with Crippen molar-refractivity contribution >= 4 is 22.7 Å². The number of nitrogens with one attached hydrogen (secondary N) is 1. The highest BCUT2D eigenvalue weighted by atomic mass is 19.3. The molecule has 25 heavy (non-hydrogen) atoms. The number of carbonyl (C=O) groups excluding carboxylic acids is 1. The van der Waals surface area contributed by atoms with Crippen LogP contribution in [0.3, 0.4) is 0 Å². The van der Waals surface area contributed by atoms with Crippen molar-refractivity contribution in [2.75, 3.05) is 5.32 Å². The molecule has 0 aliphatic rings. The molecule has 130 valence electrons. The molecule has 0 atom stereocenters. The van der Waals surface area contributed by atoms with Crippen LogP contribution >= 0.6 is 0 Å². The van der Waals surface area contributed by atoms with Crippen molar-refractivity contribution in [2.24, 2.45) is 0 Å². The molecule has 3 rings (SSSR count). The SMILES string of the molecule is O=C(CCn1c(=O)oc2ccccc21)Nc1ccc(OC(F)F)cc1. The number of aryl methyl sites for hydroxylation is 1. The number of carbonyl (C=O) groups is 1. The average molecular weight is 348 g/mol. The van der Waals surface area contributed by atoms with Crippen LogP contribution in [0, 0.1) is 0 Å². The monoisotopic (exact) mass is 348 g/mol. The maximum Gasteiger partial charge on any atom is 0.419 e. The van der Waals surface area contributed by atoms with Gasteiger partial charge in [0.05, 0.1) is 5.52 Å². The van der Waals surface area contributed by atoms with E-state index in [1.54, 1.807) is 24.3 Å². The van der Waals surface area contributed by atoms with Gasteiger partial charge >= 0.3 is 12.4 Å². The molecule has 2 aromatic carbocycles. The molecular weight excluding hydrogens is 334 g/mol. The van der Waals surface area contributed by atoms with Crippen LogP contribution in [0.15, 0.2) is 57.7 Å². The minimum absolute atomic E-state index is 0.00409. The normalized spacial score (nSPS) is 11.0. The van der Waals surface area contributed by atoms with Crippen LogP contribution in [0.4, 0.5) is 14.5 Å². The molecule has 1 N–H and O–H groups in total. The van der Waals surface area contributed by atoms with E-state index >= 15 is 0 Å². The van der Waals surface area contributed by atoms with Crippen LogP contribution in [0.25, 0.3) is 11.1 Å². The summed E-state index contributed by atoms with van der Waals surface area (Å²) in [4.78, 5) is 23.8. The summed E-state index contributed by atoms with van der Waals surface area (Å²) in [6, 6.07) is 12.5. The van der Waals surface area contributed by atoms with Crippen molar-refractivity contribution in [1.29, 1.82) is 0 Å². The highest BCUT2D eigenvalue weighted by Crippen LogP contribution is 2.18. The third kappa shape index (κ3) is 4.03. The quantitative estimate of drug-likeness (QED) is 0.742. The van der Waals surface area contributed by atoms with E-state index in [-0.39, 0.29) is 24.6 Å². The first-order valence-electron chi connectivity index (χ1n) is 7.46. The number of amides is 1. The van der Waals surface area contributed by atoms with Gasteiger partial charge < -0.3 is 14.5 Å². The van der Waals surface area contributed by atoms with Crippen molar-refractivity contribution in [3.63, 3.8) is 0 Å². The second-order valence-electron chi connectivity index (χ2n) is 5.19. The van der Waals surface area contributed by atoms with Gasteiger partial charge in [0.25, 0.3) is 0 Å². The van der Waals surface area contributed by atoms with Crippen molar-refractivity contribution in [2.45, 2.75) is 19.6 Å². The van der Waals surface area contributed by atoms with Gasteiger partial charge in [-0.2, -0.15) is 8.78 Å². The van der Waals surface area contributed by atoms with Gasteiger partial charge in [-0.15, -0.1) is 0 Å². The number of oxazole rings is 1. The fourth-order valence-corrected chi connectivity index (χ4v) is 2.38. The molecule has 0 spiro atoms. The number of aromatic nitrogens is 1. The first-order chi connectivity index (χ1) is 12.0. The average Bonchev–Trinajstić information content (AvgIpc) is 2.89. The zero-order chi connectivity index (χ0) is 17.8. The Balaban J connectivity index is 1.61. The summed E-state index contributed by atoms with van der Waals surface area (Å²) in [5.74, 6) is -0.841. The molecule has 0 bridgehead atoms. The Hall–Kier alpha value is -3.16. The first kappa shape index (κ1) is 16.7. The smallest absolute Gasteiger partial charge is 0.419 e. The molecule has 0 radical (unpaired) electrons. The minimum Gasteiger partial charge on any atom is -0.435 e. The van der Waals surface area contributed by atoms with Gasteiger partial charge in [-0.05, 0) is 36.4 Å². The number of para-hydroxylation sites is 2. The van der Waals surface area contributed by atoms with E-state index in [0.29, 0.717) is 16.8 Å². The molecule has 1 aromatic heterocycles. The fraction of sp³-hybridized carbons (Fsp3) is 0.176. The summed E-state index contributed by atoms with van der Waals surface area (Å²) in [6.45, 7) is -2.74. The molecule has 1 amide bonds.